The van der Waals surface area contributed by atoms with Gasteiger partial charge in [-0.25, -0.2) is 21.6 Å². The average Bonchev–Trinajstić information content (AvgIpc) is 2.54. The summed E-state index contributed by atoms with van der Waals surface area (Å²) in [6.07, 6.45) is 0. The highest BCUT2D eigenvalue weighted by Crippen LogP contribution is 2.29. The molecule has 26 heavy (non-hydrogen) atoms. The zero-order valence-electron chi connectivity index (χ0n) is 13.7. The molecule has 0 N–H and O–H groups in total. The van der Waals surface area contributed by atoms with Crippen molar-refractivity contribution in [1.82, 2.24) is 4.90 Å². The maximum atomic E-state index is 14.7. The molecular formula is C18H16F3NO3S. The number of Topliss-reactive ketones (excluding diaryl/α,β-unsaturated/α-hetero) is 1. The molecule has 1 fully saturated rings. The van der Waals surface area contributed by atoms with Crippen LogP contribution < -0.4 is 0 Å². The van der Waals surface area contributed by atoms with Crippen LogP contribution in [0.2, 0.25) is 0 Å². The summed E-state index contributed by atoms with van der Waals surface area (Å²) >= 11 is 0. The summed E-state index contributed by atoms with van der Waals surface area (Å²) in [6.45, 7) is -0.464. The summed E-state index contributed by atoms with van der Waals surface area (Å²) in [5, 5.41) is 0. The van der Waals surface area contributed by atoms with Crippen molar-refractivity contribution in [2.45, 2.75) is 10.6 Å². The van der Waals surface area contributed by atoms with Gasteiger partial charge in [-0.1, -0.05) is 0 Å². The van der Waals surface area contributed by atoms with Crippen LogP contribution in [0.25, 0.3) is 0 Å². The quantitative estimate of drug-likeness (QED) is 0.569. The van der Waals surface area contributed by atoms with E-state index in [-0.39, 0.29) is 30.3 Å². The summed E-state index contributed by atoms with van der Waals surface area (Å²) < 4.78 is 64.9. The summed E-state index contributed by atoms with van der Waals surface area (Å²) in [6, 6.07) is 9.23. The maximum absolute atomic E-state index is 14.7. The minimum atomic E-state index is -3.90. The first-order chi connectivity index (χ1) is 12.2. The molecule has 4 nitrogen and oxygen atoms in total. The highest BCUT2D eigenvalue weighted by Gasteiger charge is 2.47. The Hall–Kier alpha value is -2.19. The van der Waals surface area contributed by atoms with Gasteiger partial charge in [-0.15, -0.1) is 0 Å². The fourth-order valence-corrected chi connectivity index (χ4v) is 4.54. The molecule has 2 aromatic carbocycles. The van der Waals surface area contributed by atoms with Crippen molar-refractivity contribution < 1.29 is 26.4 Å². The van der Waals surface area contributed by atoms with Gasteiger partial charge in [-0.3, -0.25) is 9.69 Å². The highest BCUT2D eigenvalue weighted by molar-refractivity contribution is 7.91. The molecule has 0 radical (unpaired) electrons. The Bertz CT molecular complexity index is 906. The average molecular weight is 383 g/mol. The zero-order valence-corrected chi connectivity index (χ0v) is 14.5. The first kappa shape index (κ1) is 18.6. The Morgan fingerprint density at radius 1 is 0.962 bits per heavy atom. The molecule has 0 aliphatic carbocycles. The summed E-state index contributed by atoms with van der Waals surface area (Å²) in [5.74, 6) is -2.06. The smallest absolute Gasteiger partial charge is 0.181 e. The van der Waals surface area contributed by atoms with E-state index in [9.17, 15) is 26.4 Å². The number of hydrogen-bond donors (Lipinski definition) is 0. The Labute approximate surface area is 149 Å². The lowest BCUT2D eigenvalue weighted by molar-refractivity contribution is -0.0103. The van der Waals surface area contributed by atoms with E-state index in [0.29, 0.717) is 5.56 Å². The summed E-state index contributed by atoms with van der Waals surface area (Å²) in [4.78, 5) is 13.4. The van der Waals surface area contributed by atoms with Gasteiger partial charge < -0.3 is 0 Å². The normalized spacial score (nSPS) is 16.9. The van der Waals surface area contributed by atoms with Crippen LogP contribution in [0.5, 0.6) is 0 Å². The Morgan fingerprint density at radius 3 is 2.00 bits per heavy atom. The molecule has 1 aliphatic heterocycles. The number of halogens is 3. The number of carbonyl (C=O) groups is 1. The Morgan fingerprint density at radius 2 is 1.46 bits per heavy atom. The summed E-state index contributed by atoms with van der Waals surface area (Å²) in [5.41, 5.74) is -1.65. The molecule has 1 saturated heterocycles. The second kappa shape index (κ2) is 6.85. The van der Waals surface area contributed by atoms with Gasteiger partial charge in [0.25, 0.3) is 0 Å². The second-order valence-electron chi connectivity index (χ2n) is 6.44. The fraction of sp³-hybridized carbons (Fsp3) is 0.278. The number of sulfone groups is 1. The molecule has 3 rings (SSSR count). The van der Waals surface area contributed by atoms with Crippen LogP contribution in [-0.4, -0.2) is 50.2 Å². The van der Waals surface area contributed by atoms with Gasteiger partial charge in [0, 0.05) is 18.7 Å². The van der Waals surface area contributed by atoms with E-state index in [1.165, 1.54) is 17.0 Å². The number of ketones is 1. The zero-order chi connectivity index (χ0) is 18.9. The van der Waals surface area contributed by atoms with E-state index >= 15 is 0 Å². The first-order valence-corrected chi connectivity index (χ1v) is 9.51. The van der Waals surface area contributed by atoms with Crippen molar-refractivity contribution in [3.8, 4) is 0 Å². The molecule has 1 heterocycles. The van der Waals surface area contributed by atoms with Crippen molar-refractivity contribution in [2.75, 3.05) is 25.4 Å². The standard InChI is InChI=1S/C18H16F3NO3S/c19-14-3-1-13(2-4-14)17(23)9-22-10-18(21,11-22)12-26(24,25)16-7-5-15(20)6-8-16/h1-8H,9-12H2. The Kier molecular flexibility index (Phi) is 4.90. The lowest BCUT2D eigenvalue weighted by Crippen LogP contribution is -2.62. The third-order valence-electron chi connectivity index (χ3n) is 4.17. The van der Waals surface area contributed by atoms with E-state index in [1.54, 1.807) is 0 Å². The van der Waals surface area contributed by atoms with E-state index in [2.05, 4.69) is 0 Å². The van der Waals surface area contributed by atoms with Crippen molar-refractivity contribution in [2.24, 2.45) is 0 Å². The van der Waals surface area contributed by atoms with Crippen LogP contribution in [0.4, 0.5) is 13.2 Å². The van der Waals surface area contributed by atoms with Gasteiger partial charge in [-0.2, -0.15) is 0 Å². The number of alkyl halides is 1. The molecule has 0 bridgehead atoms. The predicted molar refractivity (Wildman–Crippen MR) is 89.5 cm³/mol. The van der Waals surface area contributed by atoms with Gasteiger partial charge >= 0.3 is 0 Å². The fourth-order valence-electron chi connectivity index (χ4n) is 2.95. The van der Waals surface area contributed by atoms with Crippen molar-refractivity contribution in [3.05, 3.63) is 65.7 Å². The largest absolute Gasteiger partial charge is 0.293 e. The summed E-state index contributed by atoms with van der Waals surface area (Å²) in [7, 11) is -3.90. The van der Waals surface area contributed by atoms with Crippen LogP contribution in [0.3, 0.4) is 0 Å². The number of hydrogen-bond acceptors (Lipinski definition) is 4. The lowest BCUT2D eigenvalue weighted by atomic mass is 9.97. The minimum absolute atomic E-state index is 0.0755. The van der Waals surface area contributed by atoms with Crippen molar-refractivity contribution >= 4 is 15.6 Å². The molecule has 0 aromatic heterocycles. The van der Waals surface area contributed by atoms with Crippen LogP contribution in [-0.2, 0) is 9.84 Å². The molecule has 2 aromatic rings. The molecule has 8 heteroatoms. The number of rotatable bonds is 6. The molecule has 1 aliphatic rings. The molecule has 0 saturated carbocycles. The topological polar surface area (TPSA) is 54.5 Å². The van der Waals surface area contributed by atoms with E-state index < -0.39 is 32.9 Å². The molecule has 0 spiro atoms. The van der Waals surface area contributed by atoms with Gasteiger partial charge in [-0.05, 0) is 48.5 Å². The lowest BCUT2D eigenvalue weighted by Gasteiger charge is -2.43. The maximum Gasteiger partial charge on any atom is 0.181 e. The molecule has 0 atom stereocenters. The van der Waals surface area contributed by atoms with E-state index in [1.807, 2.05) is 0 Å². The van der Waals surface area contributed by atoms with Crippen molar-refractivity contribution in [3.63, 3.8) is 0 Å². The molecular weight excluding hydrogens is 367 g/mol. The molecule has 0 amide bonds. The molecule has 138 valence electrons. The van der Waals surface area contributed by atoms with Crippen LogP contribution in [0.1, 0.15) is 10.4 Å². The van der Waals surface area contributed by atoms with Gasteiger partial charge in [0.2, 0.25) is 0 Å². The van der Waals surface area contributed by atoms with Crippen LogP contribution >= 0.6 is 0 Å². The first-order valence-electron chi connectivity index (χ1n) is 7.85. The third-order valence-corrected chi connectivity index (χ3v) is 6.06. The monoisotopic (exact) mass is 383 g/mol. The van der Waals surface area contributed by atoms with E-state index in [4.69, 9.17) is 0 Å². The SMILES string of the molecule is O=C(CN1CC(F)(CS(=O)(=O)c2ccc(F)cc2)C1)c1ccc(F)cc1. The van der Waals surface area contributed by atoms with Crippen LogP contribution in [0.15, 0.2) is 53.4 Å². The van der Waals surface area contributed by atoms with Gasteiger partial charge in [0.1, 0.15) is 17.3 Å². The second-order valence-corrected chi connectivity index (χ2v) is 8.43. The highest BCUT2D eigenvalue weighted by atomic mass is 32.2. The van der Waals surface area contributed by atoms with Crippen LogP contribution in [0, 0.1) is 11.6 Å². The number of benzene rings is 2. The van der Waals surface area contributed by atoms with Gasteiger partial charge in [0.05, 0.1) is 17.2 Å². The predicted octanol–water partition coefficient (Wildman–Crippen LogP) is 2.65. The number of likely N-dealkylation sites (tertiary alicyclic amines) is 1. The van der Waals surface area contributed by atoms with Crippen molar-refractivity contribution in [1.29, 1.82) is 0 Å². The third kappa shape index (κ3) is 4.13. The number of carbonyl (C=O) groups excluding carboxylic acids is 1. The Balaban J connectivity index is 1.58. The molecule has 0 unspecified atom stereocenters. The minimum Gasteiger partial charge on any atom is -0.293 e. The van der Waals surface area contributed by atoms with E-state index in [0.717, 1.165) is 36.4 Å². The number of nitrogens with zero attached hydrogens (tertiary/aromatic N) is 1. The van der Waals surface area contributed by atoms with Gasteiger partial charge in [0.15, 0.2) is 15.6 Å².